The summed E-state index contributed by atoms with van der Waals surface area (Å²) in [6.07, 6.45) is 0. The summed E-state index contributed by atoms with van der Waals surface area (Å²) in [5.41, 5.74) is 2.94. The smallest absolute Gasteiger partial charge is 0.171 e. The van der Waals surface area contributed by atoms with Gasteiger partial charge in [0.25, 0.3) is 0 Å². The first-order valence-electron chi connectivity index (χ1n) is 8.67. The van der Waals surface area contributed by atoms with E-state index in [0.29, 0.717) is 23.3 Å². The van der Waals surface area contributed by atoms with Crippen LogP contribution in [0.25, 0.3) is 0 Å². The molecular weight excluding hydrogens is 368 g/mol. The van der Waals surface area contributed by atoms with Gasteiger partial charge in [-0.1, -0.05) is 23.7 Å². The summed E-state index contributed by atoms with van der Waals surface area (Å²) < 4.78 is 11.3. The van der Waals surface area contributed by atoms with E-state index in [4.69, 9.17) is 33.3 Å². The van der Waals surface area contributed by atoms with E-state index < -0.39 is 0 Å². The zero-order chi connectivity index (χ0) is 19.1. The van der Waals surface area contributed by atoms with Gasteiger partial charge in [0.2, 0.25) is 0 Å². The van der Waals surface area contributed by atoms with Gasteiger partial charge in [-0.2, -0.15) is 0 Å². The Morgan fingerprint density at radius 1 is 1.08 bits per heavy atom. The fourth-order valence-electron chi connectivity index (χ4n) is 2.45. The molecule has 1 unspecified atom stereocenters. The largest absolute Gasteiger partial charge is 0.490 e. The van der Waals surface area contributed by atoms with Crippen LogP contribution in [0.3, 0.4) is 0 Å². The van der Waals surface area contributed by atoms with Crippen LogP contribution >= 0.6 is 23.8 Å². The molecule has 2 aromatic carbocycles. The van der Waals surface area contributed by atoms with Crippen LogP contribution in [0.1, 0.15) is 37.9 Å². The first-order chi connectivity index (χ1) is 12.4. The molecule has 0 saturated carbocycles. The van der Waals surface area contributed by atoms with Gasteiger partial charge in [-0.05, 0) is 75.3 Å². The molecule has 0 bridgehead atoms. The number of anilines is 1. The molecule has 0 aliphatic rings. The second-order valence-corrected chi connectivity index (χ2v) is 6.67. The number of thiocarbonyl (C=S) groups is 1. The molecule has 140 valence electrons. The number of hydrogen-bond donors (Lipinski definition) is 2. The van der Waals surface area contributed by atoms with E-state index in [1.54, 1.807) is 0 Å². The van der Waals surface area contributed by atoms with Crippen molar-refractivity contribution in [3.63, 3.8) is 0 Å². The van der Waals surface area contributed by atoms with Crippen molar-refractivity contribution in [1.82, 2.24) is 5.32 Å². The molecule has 2 N–H and O–H groups in total. The Balaban J connectivity index is 2.05. The van der Waals surface area contributed by atoms with Crippen LogP contribution in [-0.2, 0) is 0 Å². The SMILES string of the molecule is CCOc1ccc(C(C)NC(=S)Nc2ccc(C)c(Cl)c2)cc1OCC. The molecule has 0 aliphatic heterocycles. The molecule has 1 atom stereocenters. The Kier molecular flexibility index (Phi) is 7.54. The predicted molar refractivity (Wildman–Crippen MR) is 113 cm³/mol. The number of ether oxygens (including phenoxy) is 2. The highest BCUT2D eigenvalue weighted by Crippen LogP contribution is 2.30. The van der Waals surface area contributed by atoms with Crippen molar-refractivity contribution in [2.75, 3.05) is 18.5 Å². The van der Waals surface area contributed by atoms with Crippen molar-refractivity contribution in [3.05, 3.63) is 52.5 Å². The summed E-state index contributed by atoms with van der Waals surface area (Å²) >= 11 is 11.6. The predicted octanol–water partition coefficient (Wildman–Crippen LogP) is 5.49. The number of halogens is 1. The van der Waals surface area contributed by atoms with Gasteiger partial charge in [0.15, 0.2) is 16.6 Å². The molecule has 0 amide bonds. The van der Waals surface area contributed by atoms with Crippen molar-refractivity contribution in [3.8, 4) is 11.5 Å². The number of rotatable bonds is 7. The van der Waals surface area contributed by atoms with Crippen molar-refractivity contribution in [2.24, 2.45) is 0 Å². The van der Waals surface area contributed by atoms with Gasteiger partial charge in [-0.3, -0.25) is 0 Å². The Morgan fingerprint density at radius 2 is 1.77 bits per heavy atom. The Labute approximate surface area is 165 Å². The summed E-state index contributed by atoms with van der Waals surface area (Å²) in [5, 5.41) is 7.68. The lowest BCUT2D eigenvalue weighted by molar-refractivity contribution is 0.287. The van der Waals surface area contributed by atoms with E-state index in [9.17, 15) is 0 Å². The molecule has 2 rings (SSSR count). The third kappa shape index (κ3) is 5.51. The van der Waals surface area contributed by atoms with Crippen molar-refractivity contribution in [1.29, 1.82) is 0 Å². The standard InChI is InChI=1S/C20H25ClN2O2S/c1-5-24-18-10-8-15(11-19(18)25-6-2)14(4)22-20(26)23-16-9-7-13(3)17(21)12-16/h7-12,14H,5-6H2,1-4H3,(H2,22,23,26). The van der Waals surface area contributed by atoms with E-state index in [2.05, 4.69) is 10.6 Å². The number of nitrogens with one attached hydrogen (secondary N) is 2. The molecule has 0 saturated heterocycles. The highest BCUT2D eigenvalue weighted by Gasteiger charge is 2.12. The average molecular weight is 393 g/mol. The molecule has 4 nitrogen and oxygen atoms in total. The minimum atomic E-state index is 0.00537. The second-order valence-electron chi connectivity index (χ2n) is 5.86. The van der Waals surface area contributed by atoms with Crippen molar-refractivity contribution in [2.45, 2.75) is 33.7 Å². The number of aryl methyl sites for hydroxylation is 1. The third-order valence-electron chi connectivity index (χ3n) is 3.84. The van der Waals surface area contributed by atoms with Crippen molar-refractivity contribution < 1.29 is 9.47 Å². The Hall–Kier alpha value is -1.98. The number of benzene rings is 2. The summed E-state index contributed by atoms with van der Waals surface area (Å²) in [6, 6.07) is 11.7. The van der Waals surface area contributed by atoms with Crippen LogP contribution in [0.4, 0.5) is 5.69 Å². The van der Waals surface area contributed by atoms with Gasteiger partial charge in [0, 0.05) is 10.7 Å². The third-order valence-corrected chi connectivity index (χ3v) is 4.47. The zero-order valence-electron chi connectivity index (χ0n) is 15.6. The first-order valence-corrected chi connectivity index (χ1v) is 9.46. The van der Waals surface area contributed by atoms with Gasteiger partial charge in [0.1, 0.15) is 0 Å². The van der Waals surface area contributed by atoms with E-state index in [0.717, 1.165) is 28.3 Å². The van der Waals surface area contributed by atoms with Crippen LogP contribution in [0.5, 0.6) is 11.5 Å². The van der Waals surface area contributed by atoms with Gasteiger partial charge in [-0.25, -0.2) is 0 Å². The highest BCUT2D eigenvalue weighted by molar-refractivity contribution is 7.80. The molecule has 0 aromatic heterocycles. The summed E-state index contributed by atoms with van der Waals surface area (Å²) in [6.45, 7) is 9.10. The second kappa shape index (κ2) is 9.64. The van der Waals surface area contributed by atoms with Gasteiger partial charge in [0.05, 0.1) is 19.3 Å². The van der Waals surface area contributed by atoms with Gasteiger partial charge < -0.3 is 20.1 Å². The molecular formula is C20H25ClN2O2S. The fraction of sp³-hybridized carbons (Fsp3) is 0.350. The summed E-state index contributed by atoms with van der Waals surface area (Å²) in [5.74, 6) is 1.49. The summed E-state index contributed by atoms with van der Waals surface area (Å²) in [4.78, 5) is 0. The Morgan fingerprint density at radius 3 is 2.42 bits per heavy atom. The lowest BCUT2D eigenvalue weighted by atomic mass is 10.1. The highest BCUT2D eigenvalue weighted by atomic mass is 35.5. The van der Waals surface area contributed by atoms with Crippen LogP contribution in [-0.4, -0.2) is 18.3 Å². The molecule has 6 heteroatoms. The van der Waals surface area contributed by atoms with Gasteiger partial charge >= 0.3 is 0 Å². The molecule has 0 radical (unpaired) electrons. The minimum Gasteiger partial charge on any atom is -0.490 e. The lowest BCUT2D eigenvalue weighted by Crippen LogP contribution is -2.30. The number of hydrogen-bond acceptors (Lipinski definition) is 3. The van der Waals surface area contributed by atoms with Gasteiger partial charge in [-0.15, -0.1) is 0 Å². The van der Waals surface area contributed by atoms with E-state index >= 15 is 0 Å². The fourth-order valence-corrected chi connectivity index (χ4v) is 2.93. The maximum atomic E-state index is 6.16. The molecule has 2 aromatic rings. The first kappa shape index (κ1) is 20.3. The zero-order valence-corrected chi connectivity index (χ0v) is 17.1. The topological polar surface area (TPSA) is 42.5 Å². The minimum absolute atomic E-state index is 0.00537. The lowest BCUT2D eigenvalue weighted by Gasteiger charge is -2.19. The van der Waals surface area contributed by atoms with E-state index in [1.807, 2.05) is 64.1 Å². The van der Waals surface area contributed by atoms with Crippen LogP contribution in [0.15, 0.2) is 36.4 Å². The normalized spacial score (nSPS) is 11.6. The van der Waals surface area contributed by atoms with E-state index in [-0.39, 0.29) is 6.04 Å². The average Bonchev–Trinajstić information content (AvgIpc) is 2.60. The quantitative estimate of drug-likeness (QED) is 0.609. The Bertz CT molecular complexity index is 767. The maximum absolute atomic E-state index is 6.16. The van der Waals surface area contributed by atoms with Crippen LogP contribution in [0, 0.1) is 6.92 Å². The molecule has 0 spiro atoms. The molecule has 0 aliphatic carbocycles. The molecule has 0 fully saturated rings. The maximum Gasteiger partial charge on any atom is 0.171 e. The van der Waals surface area contributed by atoms with E-state index in [1.165, 1.54) is 0 Å². The van der Waals surface area contributed by atoms with Crippen molar-refractivity contribution >= 4 is 34.6 Å². The molecule has 0 heterocycles. The monoisotopic (exact) mass is 392 g/mol. The summed E-state index contributed by atoms with van der Waals surface area (Å²) in [7, 11) is 0. The van der Waals surface area contributed by atoms with Crippen LogP contribution in [0.2, 0.25) is 5.02 Å². The van der Waals surface area contributed by atoms with Crippen LogP contribution < -0.4 is 20.1 Å². The molecule has 26 heavy (non-hydrogen) atoms.